The fraction of sp³-hybridized carbons (Fsp3) is 0.190. The Hall–Kier alpha value is -3.61. The van der Waals surface area contributed by atoms with E-state index in [9.17, 15) is 9.59 Å². The molecule has 0 aliphatic rings. The number of aromatic nitrogens is 2. The number of urea groups is 1. The van der Waals surface area contributed by atoms with Gasteiger partial charge in [-0.05, 0) is 36.2 Å². The first kappa shape index (κ1) is 19.2. The van der Waals surface area contributed by atoms with Crippen LogP contribution in [0.4, 0.5) is 10.5 Å². The van der Waals surface area contributed by atoms with Crippen LogP contribution in [0.3, 0.4) is 0 Å². The minimum atomic E-state index is -0.650. The zero-order valence-corrected chi connectivity index (χ0v) is 15.6. The second-order valence-electron chi connectivity index (χ2n) is 6.42. The van der Waals surface area contributed by atoms with Crippen molar-refractivity contribution < 1.29 is 9.59 Å². The van der Waals surface area contributed by atoms with E-state index in [0.717, 1.165) is 11.1 Å². The Bertz CT molecular complexity index is 892. The molecular formula is C21H23N5O2. The highest BCUT2D eigenvalue weighted by Crippen LogP contribution is 2.10. The van der Waals surface area contributed by atoms with Crippen LogP contribution in [-0.4, -0.2) is 27.8 Å². The molecule has 3 aromatic rings. The number of rotatable bonds is 7. The van der Waals surface area contributed by atoms with E-state index in [-0.39, 0.29) is 5.91 Å². The summed E-state index contributed by atoms with van der Waals surface area (Å²) in [6, 6.07) is 17.9. The molecule has 28 heavy (non-hydrogen) atoms. The summed E-state index contributed by atoms with van der Waals surface area (Å²) in [4.78, 5) is 24.3. The number of carbonyl (C=O) groups is 2. The van der Waals surface area contributed by atoms with Gasteiger partial charge in [0.05, 0.1) is 6.54 Å². The number of nitrogens with one attached hydrogen (secondary N) is 3. The summed E-state index contributed by atoms with van der Waals surface area (Å²) in [6.07, 6.45) is 3.63. The fourth-order valence-electron chi connectivity index (χ4n) is 2.64. The third-order valence-electron chi connectivity index (χ3n) is 4.17. The number of hydrogen-bond donors (Lipinski definition) is 3. The molecule has 2 aromatic carbocycles. The van der Waals surface area contributed by atoms with Gasteiger partial charge in [0.15, 0.2) is 0 Å². The molecule has 3 amide bonds. The lowest BCUT2D eigenvalue weighted by Gasteiger charge is -2.15. The molecule has 0 aliphatic carbocycles. The van der Waals surface area contributed by atoms with Crippen molar-refractivity contribution in [3.05, 3.63) is 84.2 Å². The molecule has 0 spiro atoms. The zero-order valence-electron chi connectivity index (χ0n) is 15.6. The lowest BCUT2D eigenvalue weighted by atomic mass is 10.2. The molecule has 0 saturated heterocycles. The maximum absolute atomic E-state index is 12.1. The number of amides is 3. The Labute approximate surface area is 163 Å². The summed E-state index contributed by atoms with van der Waals surface area (Å²) in [6.45, 7) is 2.73. The number of carbonyl (C=O) groups excluding carboxylic acids is 2. The van der Waals surface area contributed by atoms with Gasteiger partial charge in [0.25, 0.3) is 0 Å². The highest BCUT2D eigenvalue weighted by molar-refractivity contribution is 5.93. The van der Waals surface area contributed by atoms with Crippen LogP contribution in [0.2, 0.25) is 0 Å². The predicted molar refractivity (Wildman–Crippen MR) is 108 cm³/mol. The topological polar surface area (TPSA) is 88.1 Å². The summed E-state index contributed by atoms with van der Waals surface area (Å²) in [5.74, 6) is -0.242. The van der Waals surface area contributed by atoms with Gasteiger partial charge < -0.3 is 16.0 Å². The first-order valence-corrected chi connectivity index (χ1v) is 9.05. The Morgan fingerprint density at radius 3 is 2.43 bits per heavy atom. The molecule has 3 rings (SSSR count). The van der Waals surface area contributed by atoms with Crippen molar-refractivity contribution in [2.45, 2.75) is 26.1 Å². The van der Waals surface area contributed by atoms with Crippen LogP contribution in [0.15, 0.2) is 73.1 Å². The number of hydrogen-bond acceptors (Lipinski definition) is 3. The average Bonchev–Trinajstić information content (AvgIpc) is 3.21. The second kappa shape index (κ2) is 9.36. The summed E-state index contributed by atoms with van der Waals surface area (Å²) in [5.41, 5.74) is 2.73. The van der Waals surface area contributed by atoms with E-state index in [1.54, 1.807) is 13.1 Å². The first-order chi connectivity index (χ1) is 13.6. The molecule has 0 radical (unpaired) electrons. The predicted octanol–water partition coefficient (Wildman–Crippen LogP) is 2.76. The normalized spacial score (nSPS) is 11.5. The monoisotopic (exact) mass is 377 g/mol. The number of nitrogens with zero attached hydrogens (tertiary/aromatic N) is 2. The van der Waals surface area contributed by atoms with Gasteiger partial charge in [-0.3, -0.25) is 9.48 Å². The van der Waals surface area contributed by atoms with Gasteiger partial charge in [-0.15, -0.1) is 0 Å². The van der Waals surface area contributed by atoms with Gasteiger partial charge in [-0.25, -0.2) is 4.79 Å². The summed E-state index contributed by atoms with van der Waals surface area (Å²) in [7, 11) is 0. The Kier molecular flexibility index (Phi) is 6.41. The van der Waals surface area contributed by atoms with Crippen LogP contribution in [0, 0.1) is 0 Å². The van der Waals surface area contributed by atoms with E-state index in [0.29, 0.717) is 18.8 Å². The van der Waals surface area contributed by atoms with Gasteiger partial charge in [-0.1, -0.05) is 42.5 Å². The van der Waals surface area contributed by atoms with E-state index < -0.39 is 12.1 Å². The van der Waals surface area contributed by atoms with Crippen molar-refractivity contribution in [2.75, 3.05) is 5.32 Å². The van der Waals surface area contributed by atoms with Gasteiger partial charge >= 0.3 is 6.03 Å². The average molecular weight is 377 g/mol. The van der Waals surface area contributed by atoms with Crippen molar-refractivity contribution in [3.63, 3.8) is 0 Å². The maximum Gasteiger partial charge on any atom is 0.319 e. The minimum absolute atomic E-state index is 0.242. The lowest BCUT2D eigenvalue weighted by Crippen LogP contribution is -2.46. The van der Waals surface area contributed by atoms with Crippen molar-refractivity contribution in [1.29, 1.82) is 0 Å². The Balaban J connectivity index is 1.44. The quantitative estimate of drug-likeness (QED) is 0.592. The summed E-state index contributed by atoms with van der Waals surface area (Å²) < 4.78 is 1.82. The zero-order chi connectivity index (χ0) is 19.8. The molecule has 7 nitrogen and oxygen atoms in total. The van der Waals surface area contributed by atoms with Crippen LogP contribution >= 0.6 is 0 Å². The van der Waals surface area contributed by atoms with Gasteiger partial charge in [0.1, 0.15) is 6.04 Å². The number of anilines is 1. The standard InChI is InChI=1S/C21H23N5O2/c1-16(20(27)22-14-17-6-3-2-4-7-17)24-21(28)25-19-10-8-18(9-11-19)15-26-13-5-12-23-26/h2-13,16H,14-15H2,1H3,(H,22,27)(H2,24,25,28). The highest BCUT2D eigenvalue weighted by atomic mass is 16.2. The molecule has 0 bridgehead atoms. The SMILES string of the molecule is CC(NC(=O)Nc1ccc(Cn2cccn2)cc1)C(=O)NCc1ccccc1. The molecule has 7 heteroatoms. The van der Waals surface area contributed by atoms with E-state index in [2.05, 4.69) is 21.0 Å². The molecule has 0 aliphatic heterocycles. The van der Waals surface area contributed by atoms with Crippen molar-refractivity contribution in [1.82, 2.24) is 20.4 Å². The Morgan fingerprint density at radius 2 is 1.75 bits per heavy atom. The summed E-state index contributed by atoms with van der Waals surface area (Å²) >= 11 is 0. The van der Waals surface area contributed by atoms with E-state index >= 15 is 0 Å². The molecule has 144 valence electrons. The second-order valence-corrected chi connectivity index (χ2v) is 6.42. The van der Waals surface area contributed by atoms with E-state index in [1.807, 2.05) is 71.5 Å². The molecule has 1 atom stereocenters. The van der Waals surface area contributed by atoms with Crippen molar-refractivity contribution in [3.8, 4) is 0 Å². The lowest BCUT2D eigenvalue weighted by molar-refractivity contribution is -0.122. The molecule has 0 fully saturated rings. The van der Waals surface area contributed by atoms with Crippen LogP contribution in [0.1, 0.15) is 18.1 Å². The van der Waals surface area contributed by atoms with Crippen LogP contribution < -0.4 is 16.0 Å². The number of benzene rings is 2. The van der Waals surface area contributed by atoms with Crippen LogP contribution in [0.5, 0.6) is 0 Å². The molecule has 1 aromatic heterocycles. The highest BCUT2D eigenvalue weighted by Gasteiger charge is 2.15. The third-order valence-corrected chi connectivity index (χ3v) is 4.17. The molecule has 1 unspecified atom stereocenters. The molecule has 3 N–H and O–H groups in total. The maximum atomic E-state index is 12.1. The van der Waals surface area contributed by atoms with Crippen LogP contribution in [0.25, 0.3) is 0 Å². The van der Waals surface area contributed by atoms with Crippen molar-refractivity contribution in [2.24, 2.45) is 0 Å². The Morgan fingerprint density at radius 1 is 1.00 bits per heavy atom. The molecule has 0 saturated carbocycles. The van der Waals surface area contributed by atoms with Crippen LogP contribution in [-0.2, 0) is 17.9 Å². The van der Waals surface area contributed by atoms with E-state index in [4.69, 9.17) is 0 Å². The summed E-state index contributed by atoms with van der Waals surface area (Å²) in [5, 5.41) is 12.3. The van der Waals surface area contributed by atoms with E-state index in [1.165, 1.54) is 0 Å². The van der Waals surface area contributed by atoms with Gasteiger partial charge in [-0.2, -0.15) is 5.10 Å². The first-order valence-electron chi connectivity index (χ1n) is 9.05. The van der Waals surface area contributed by atoms with Gasteiger partial charge in [0, 0.05) is 24.6 Å². The third kappa shape index (κ3) is 5.70. The minimum Gasteiger partial charge on any atom is -0.350 e. The van der Waals surface area contributed by atoms with Gasteiger partial charge in [0.2, 0.25) is 5.91 Å². The largest absolute Gasteiger partial charge is 0.350 e. The molecule has 1 heterocycles. The fourth-order valence-corrected chi connectivity index (χ4v) is 2.64. The van der Waals surface area contributed by atoms with Crippen molar-refractivity contribution >= 4 is 17.6 Å². The molecular weight excluding hydrogens is 354 g/mol. The smallest absolute Gasteiger partial charge is 0.319 e.